The van der Waals surface area contributed by atoms with Gasteiger partial charge in [0.2, 0.25) is 0 Å². The minimum atomic E-state index is -0.0397. The van der Waals surface area contributed by atoms with Gasteiger partial charge >= 0.3 is 0 Å². The van der Waals surface area contributed by atoms with Crippen LogP contribution in [0.15, 0.2) is 58.1 Å². The summed E-state index contributed by atoms with van der Waals surface area (Å²) in [5.41, 5.74) is 2.97. The fraction of sp³-hybridized carbons (Fsp3) is 0.0667. The van der Waals surface area contributed by atoms with E-state index in [1.807, 2.05) is 42.6 Å². The normalized spacial score (nSPS) is 10.8. The Balaban J connectivity index is 2.34. The number of nitrogens with zero attached hydrogens (tertiary/aromatic N) is 2. The number of rotatable bonds is 1. The van der Waals surface area contributed by atoms with Crippen molar-refractivity contribution in [2.75, 3.05) is 0 Å². The summed E-state index contributed by atoms with van der Waals surface area (Å²) in [6.45, 7) is 0. The second-order valence-electron chi connectivity index (χ2n) is 4.37. The first-order chi connectivity index (χ1) is 9.16. The number of para-hydroxylation sites is 1. The first kappa shape index (κ1) is 12.1. The van der Waals surface area contributed by atoms with Crippen LogP contribution in [-0.4, -0.2) is 9.55 Å². The molecule has 0 aliphatic heterocycles. The molecule has 2 heterocycles. The average Bonchev–Trinajstić information content (AvgIpc) is 2.43. The quantitative estimate of drug-likeness (QED) is 0.690. The number of aryl methyl sites for hydroxylation is 1. The van der Waals surface area contributed by atoms with Crippen molar-refractivity contribution in [1.82, 2.24) is 9.55 Å². The summed E-state index contributed by atoms with van der Waals surface area (Å²) in [7, 11) is 1.75. The van der Waals surface area contributed by atoms with E-state index in [-0.39, 0.29) is 5.56 Å². The second kappa shape index (κ2) is 4.63. The zero-order chi connectivity index (χ0) is 13.4. The molecule has 3 aromatic rings. The van der Waals surface area contributed by atoms with Crippen LogP contribution in [-0.2, 0) is 7.05 Å². The Morgan fingerprint density at radius 3 is 2.79 bits per heavy atom. The van der Waals surface area contributed by atoms with Crippen LogP contribution < -0.4 is 5.56 Å². The van der Waals surface area contributed by atoms with Gasteiger partial charge in [-0.2, -0.15) is 0 Å². The number of pyridine rings is 2. The predicted octanol–water partition coefficient (Wildman–Crippen LogP) is 3.36. The lowest BCUT2D eigenvalue weighted by Gasteiger charge is -2.08. The number of halogens is 1. The van der Waals surface area contributed by atoms with Crippen molar-refractivity contribution in [3.8, 4) is 11.1 Å². The molecule has 0 aliphatic rings. The highest BCUT2D eigenvalue weighted by molar-refractivity contribution is 9.10. The van der Waals surface area contributed by atoms with Crippen molar-refractivity contribution >= 4 is 26.8 Å². The molecule has 3 nitrogen and oxygen atoms in total. The van der Waals surface area contributed by atoms with E-state index in [2.05, 4.69) is 20.9 Å². The van der Waals surface area contributed by atoms with E-state index in [0.29, 0.717) is 4.47 Å². The lowest BCUT2D eigenvalue weighted by Crippen LogP contribution is -2.16. The van der Waals surface area contributed by atoms with E-state index in [4.69, 9.17) is 0 Å². The molecule has 3 rings (SSSR count). The Bertz CT molecular complexity index is 792. The molecule has 0 unspecified atom stereocenters. The van der Waals surface area contributed by atoms with Gasteiger partial charge in [0.25, 0.3) is 5.56 Å². The molecule has 0 bridgehead atoms. The zero-order valence-corrected chi connectivity index (χ0v) is 11.9. The summed E-state index contributed by atoms with van der Waals surface area (Å²) in [6, 6.07) is 11.8. The van der Waals surface area contributed by atoms with Gasteiger partial charge in [0.15, 0.2) is 0 Å². The van der Waals surface area contributed by atoms with Gasteiger partial charge in [-0.15, -0.1) is 0 Å². The summed E-state index contributed by atoms with van der Waals surface area (Å²) >= 11 is 3.31. The van der Waals surface area contributed by atoms with E-state index in [1.54, 1.807) is 17.8 Å². The van der Waals surface area contributed by atoms with Gasteiger partial charge in [0.1, 0.15) is 0 Å². The van der Waals surface area contributed by atoms with Crippen LogP contribution in [0.2, 0.25) is 0 Å². The van der Waals surface area contributed by atoms with E-state index in [1.165, 1.54) is 0 Å². The van der Waals surface area contributed by atoms with Gasteiger partial charge in [0, 0.05) is 30.4 Å². The molecular weight excluding hydrogens is 304 g/mol. The van der Waals surface area contributed by atoms with E-state index < -0.39 is 0 Å². The van der Waals surface area contributed by atoms with Gasteiger partial charge in [-0.05, 0) is 39.7 Å². The summed E-state index contributed by atoms with van der Waals surface area (Å²) in [6.07, 6.45) is 3.63. The van der Waals surface area contributed by atoms with E-state index in [9.17, 15) is 4.79 Å². The number of aromatic nitrogens is 2. The van der Waals surface area contributed by atoms with Crippen LogP contribution >= 0.6 is 15.9 Å². The molecule has 0 amide bonds. The number of hydrogen-bond acceptors (Lipinski definition) is 2. The molecule has 0 aliphatic carbocycles. The van der Waals surface area contributed by atoms with Gasteiger partial charge in [-0.3, -0.25) is 9.78 Å². The number of benzene rings is 1. The number of hydrogen-bond donors (Lipinski definition) is 0. The van der Waals surface area contributed by atoms with E-state index >= 15 is 0 Å². The SMILES string of the molecule is Cn1cc(-c2ccnc3ccccc23)cc(Br)c1=O. The summed E-state index contributed by atoms with van der Waals surface area (Å²) in [4.78, 5) is 16.1. The molecule has 0 radical (unpaired) electrons. The van der Waals surface area contributed by atoms with E-state index in [0.717, 1.165) is 22.0 Å². The standard InChI is InChI=1S/C15H11BrN2O/c1-18-9-10(8-13(16)15(18)19)11-6-7-17-14-5-3-2-4-12(11)14/h2-9H,1H3. The Morgan fingerprint density at radius 1 is 1.21 bits per heavy atom. The fourth-order valence-corrected chi connectivity index (χ4v) is 2.69. The van der Waals surface area contributed by atoms with Crippen LogP contribution in [0.25, 0.3) is 22.0 Å². The molecule has 0 N–H and O–H groups in total. The molecule has 2 aromatic heterocycles. The second-order valence-corrected chi connectivity index (χ2v) is 5.22. The molecule has 94 valence electrons. The maximum Gasteiger partial charge on any atom is 0.264 e. The molecule has 1 aromatic carbocycles. The van der Waals surface area contributed by atoms with Crippen molar-refractivity contribution in [3.05, 3.63) is 63.6 Å². The third-order valence-electron chi connectivity index (χ3n) is 3.10. The van der Waals surface area contributed by atoms with Crippen molar-refractivity contribution in [1.29, 1.82) is 0 Å². The van der Waals surface area contributed by atoms with Crippen LogP contribution in [0.5, 0.6) is 0 Å². The minimum Gasteiger partial charge on any atom is -0.317 e. The number of fused-ring (bicyclic) bond motifs is 1. The lowest BCUT2D eigenvalue weighted by atomic mass is 10.0. The summed E-state index contributed by atoms with van der Waals surface area (Å²) in [5.74, 6) is 0. The van der Waals surface area contributed by atoms with Crippen LogP contribution in [0.1, 0.15) is 0 Å². The van der Waals surface area contributed by atoms with Crippen molar-refractivity contribution in [2.24, 2.45) is 7.05 Å². The molecule has 0 atom stereocenters. The molecule has 0 fully saturated rings. The van der Waals surface area contributed by atoms with Crippen LogP contribution in [0, 0.1) is 0 Å². The van der Waals surface area contributed by atoms with Gasteiger partial charge in [0.05, 0.1) is 9.99 Å². The van der Waals surface area contributed by atoms with Gasteiger partial charge in [-0.25, -0.2) is 0 Å². The van der Waals surface area contributed by atoms with Gasteiger partial charge < -0.3 is 4.57 Å². The smallest absolute Gasteiger partial charge is 0.264 e. The molecule has 0 spiro atoms. The Morgan fingerprint density at radius 2 is 2.00 bits per heavy atom. The first-order valence-corrected chi connectivity index (χ1v) is 6.66. The zero-order valence-electron chi connectivity index (χ0n) is 10.3. The molecular formula is C15H11BrN2O. The largest absolute Gasteiger partial charge is 0.317 e. The lowest BCUT2D eigenvalue weighted by molar-refractivity contribution is 0.856. The Hall–Kier alpha value is -1.94. The van der Waals surface area contributed by atoms with Crippen molar-refractivity contribution in [3.63, 3.8) is 0 Å². The summed E-state index contributed by atoms with van der Waals surface area (Å²) in [5, 5.41) is 1.08. The molecule has 19 heavy (non-hydrogen) atoms. The molecule has 4 heteroatoms. The van der Waals surface area contributed by atoms with Crippen LogP contribution in [0.3, 0.4) is 0 Å². The highest BCUT2D eigenvalue weighted by atomic mass is 79.9. The highest BCUT2D eigenvalue weighted by Gasteiger charge is 2.07. The third-order valence-corrected chi connectivity index (χ3v) is 3.67. The van der Waals surface area contributed by atoms with Crippen LogP contribution in [0.4, 0.5) is 0 Å². The maximum atomic E-state index is 11.7. The average molecular weight is 315 g/mol. The van der Waals surface area contributed by atoms with Crippen molar-refractivity contribution in [2.45, 2.75) is 0 Å². The third kappa shape index (κ3) is 2.08. The maximum absolute atomic E-state index is 11.7. The van der Waals surface area contributed by atoms with Gasteiger partial charge in [-0.1, -0.05) is 18.2 Å². The Labute approximate surface area is 118 Å². The minimum absolute atomic E-state index is 0.0397. The topological polar surface area (TPSA) is 34.9 Å². The highest BCUT2D eigenvalue weighted by Crippen LogP contribution is 2.27. The monoisotopic (exact) mass is 314 g/mol. The van der Waals surface area contributed by atoms with Crippen molar-refractivity contribution < 1.29 is 0 Å². The first-order valence-electron chi connectivity index (χ1n) is 5.87. The summed E-state index contributed by atoms with van der Waals surface area (Å²) < 4.78 is 2.14. The Kier molecular flexibility index (Phi) is 2.95. The predicted molar refractivity (Wildman–Crippen MR) is 80.1 cm³/mol. The molecule has 0 saturated carbocycles. The molecule has 0 saturated heterocycles. The fourth-order valence-electron chi connectivity index (χ4n) is 2.17.